The highest BCUT2D eigenvalue weighted by Gasteiger charge is 2.44. The van der Waals surface area contributed by atoms with Crippen molar-refractivity contribution in [3.63, 3.8) is 0 Å². The number of carbonyl (C=O) groups is 1. The van der Waals surface area contributed by atoms with Gasteiger partial charge in [0.2, 0.25) is 0 Å². The Morgan fingerprint density at radius 2 is 1.59 bits per heavy atom. The number of hydrogen-bond acceptors (Lipinski definition) is 5. The van der Waals surface area contributed by atoms with Gasteiger partial charge in [0.25, 0.3) is 0 Å². The molecule has 5 heteroatoms. The molecule has 0 amide bonds. The molecular formula is C22H44O5. The summed E-state index contributed by atoms with van der Waals surface area (Å²) in [6, 6.07) is 0. The van der Waals surface area contributed by atoms with E-state index in [1.54, 1.807) is 13.8 Å². The highest BCUT2D eigenvalue weighted by Crippen LogP contribution is 2.39. The van der Waals surface area contributed by atoms with Crippen LogP contribution in [0.1, 0.15) is 94.9 Å². The van der Waals surface area contributed by atoms with Crippen LogP contribution in [0.25, 0.3) is 0 Å². The first-order valence-electron chi connectivity index (χ1n) is 10.3. The smallest absolute Gasteiger partial charge is 0.434 e. The van der Waals surface area contributed by atoms with Crippen LogP contribution in [0, 0.1) is 11.3 Å². The van der Waals surface area contributed by atoms with Gasteiger partial charge in [-0.05, 0) is 54.4 Å². The third-order valence-corrected chi connectivity index (χ3v) is 6.14. The van der Waals surface area contributed by atoms with Crippen molar-refractivity contribution >= 4 is 6.16 Å². The summed E-state index contributed by atoms with van der Waals surface area (Å²) in [7, 11) is 0. The zero-order valence-electron chi connectivity index (χ0n) is 19.4. The van der Waals surface area contributed by atoms with Crippen LogP contribution in [0.3, 0.4) is 0 Å². The minimum absolute atomic E-state index is 0.113. The predicted molar refractivity (Wildman–Crippen MR) is 110 cm³/mol. The van der Waals surface area contributed by atoms with Crippen LogP contribution in [0.5, 0.6) is 0 Å². The molecule has 5 nitrogen and oxygen atoms in total. The van der Waals surface area contributed by atoms with Crippen LogP contribution < -0.4 is 0 Å². The van der Waals surface area contributed by atoms with E-state index in [4.69, 9.17) is 14.2 Å². The maximum absolute atomic E-state index is 12.2. The second kappa shape index (κ2) is 10.1. The molecule has 2 atom stereocenters. The zero-order valence-corrected chi connectivity index (χ0v) is 19.4. The van der Waals surface area contributed by atoms with E-state index in [9.17, 15) is 9.90 Å². The van der Waals surface area contributed by atoms with Crippen LogP contribution >= 0.6 is 0 Å². The molecule has 162 valence electrons. The van der Waals surface area contributed by atoms with Gasteiger partial charge in [-0.1, -0.05) is 40.5 Å². The number of ether oxygens (including phenoxy) is 3. The third kappa shape index (κ3) is 8.82. The molecule has 0 bridgehead atoms. The lowest BCUT2D eigenvalue weighted by molar-refractivity contribution is -0.145. The molecule has 0 saturated carbocycles. The molecule has 0 spiro atoms. The Kier molecular flexibility index (Phi) is 9.80. The van der Waals surface area contributed by atoms with Crippen LogP contribution in [0.2, 0.25) is 0 Å². The van der Waals surface area contributed by atoms with E-state index in [1.807, 2.05) is 20.8 Å². The van der Waals surface area contributed by atoms with Crippen molar-refractivity contribution in [1.29, 1.82) is 0 Å². The average Bonchev–Trinajstić information content (AvgIpc) is 2.54. The van der Waals surface area contributed by atoms with Gasteiger partial charge in [0.1, 0.15) is 12.2 Å². The van der Waals surface area contributed by atoms with Gasteiger partial charge in [0.15, 0.2) is 0 Å². The van der Waals surface area contributed by atoms with Crippen molar-refractivity contribution < 1.29 is 24.1 Å². The molecule has 27 heavy (non-hydrogen) atoms. The van der Waals surface area contributed by atoms with E-state index in [-0.39, 0.29) is 23.5 Å². The summed E-state index contributed by atoms with van der Waals surface area (Å²) in [5, 5.41) is 9.96. The van der Waals surface area contributed by atoms with Crippen LogP contribution in [-0.2, 0) is 14.2 Å². The molecule has 0 aliphatic heterocycles. The predicted octanol–water partition coefficient (Wildman–Crippen LogP) is 5.73. The SMILES string of the molecule is CCCCC(C)(C)OCC(C)(CC)C(C)(C)OC(=O)OCC(C)C(C)(C)O. The molecular weight excluding hydrogens is 344 g/mol. The first-order chi connectivity index (χ1) is 12.1. The first kappa shape index (κ1) is 26.2. The number of aliphatic hydroxyl groups is 1. The van der Waals surface area contributed by atoms with Gasteiger partial charge in [-0.25, -0.2) is 4.79 Å². The maximum Gasteiger partial charge on any atom is 0.508 e. The van der Waals surface area contributed by atoms with Gasteiger partial charge >= 0.3 is 6.16 Å². The average molecular weight is 389 g/mol. The van der Waals surface area contributed by atoms with Gasteiger partial charge < -0.3 is 19.3 Å². The Hall–Kier alpha value is -0.810. The lowest BCUT2D eigenvalue weighted by Crippen LogP contribution is -2.49. The molecule has 0 aliphatic carbocycles. The molecule has 0 heterocycles. The molecule has 0 rings (SSSR count). The summed E-state index contributed by atoms with van der Waals surface area (Å²) in [6.45, 7) is 20.2. The highest BCUT2D eigenvalue weighted by atomic mass is 16.7. The fourth-order valence-electron chi connectivity index (χ4n) is 2.49. The van der Waals surface area contributed by atoms with E-state index in [1.165, 1.54) is 0 Å². The maximum atomic E-state index is 12.2. The molecule has 0 fully saturated rings. The Morgan fingerprint density at radius 1 is 1.04 bits per heavy atom. The monoisotopic (exact) mass is 388 g/mol. The minimum atomic E-state index is -0.911. The van der Waals surface area contributed by atoms with E-state index < -0.39 is 17.4 Å². The van der Waals surface area contributed by atoms with Crippen molar-refractivity contribution in [3.05, 3.63) is 0 Å². The van der Waals surface area contributed by atoms with E-state index in [2.05, 4.69) is 34.6 Å². The van der Waals surface area contributed by atoms with Crippen molar-refractivity contribution in [1.82, 2.24) is 0 Å². The fraction of sp³-hybridized carbons (Fsp3) is 0.955. The quantitative estimate of drug-likeness (QED) is 0.433. The second-order valence-corrected chi connectivity index (χ2v) is 9.79. The molecule has 0 aliphatic rings. The molecule has 0 radical (unpaired) electrons. The summed E-state index contributed by atoms with van der Waals surface area (Å²) in [5.41, 5.74) is -2.22. The lowest BCUT2D eigenvalue weighted by atomic mass is 9.73. The second-order valence-electron chi connectivity index (χ2n) is 9.79. The number of unbranched alkanes of at least 4 members (excludes halogenated alkanes) is 1. The van der Waals surface area contributed by atoms with E-state index in [0.717, 1.165) is 25.7 Å². The molecule has 0 aromatic rings. The standard InChI is InChI=1S/C22H44O5/c1-11-13-14-19(4,5)26-16-22(10,12-2)21(8,9)27-18(23)25-15-17(3)20(6,7)24/h17,24H,11-16H2,1-10H3. The number of hydrogen-bond donors (Lipinski definition) is 1. The van der Waals surface area contributed by atoms with Gasteiger partial charge in [0, 0.05) is 11.3 Å². The Balaban J connectivity index is 4.87. The van der Waals surface area contributed by atoms with Crippen molar-refractivity contribution in [2.75, 3.05) is 13.2 Å². The fourth-order valence-corrected chi connectivity index (χ4v) is 2.49. The first-order valence-corrected chi connectivity index (χ1v) is 10.3. The highest BCUT2D eigenvalue weighted by molar-refractivity contribution is 5.60. The van der Waals surface area contributed by atoms with Crippen molar-refractivity contribution in [2.45, 2.75) is 112 Å². The van der Waals surface area contributed by atoms with Gasteiger partial charge in [0.05, 0.1) is 17.8 Å². The molecule has 0 aromatic carbocycles. The molecule has 0 saturated heterocycles. The Morgan fingerprint density at radius 3 is 2.04 bits per heavy atom. The normalized spacial score (nSPS) is 16.6. The van der Waals surface area contributed by atoms with Gasteiger partial charge in [-0.2, -0.15) is 0 Å². The van der Waals surface area contributed by atoms with Gasteiger partial charge in [-0.3, -0.25) is 0 Å². The zero-order chi connectivity index (χ0) is 21.5. The summed E-state index contributed by atoms with van der Waals surface area (Å²) < 4.78 is 17.2. The van der Waals surface area contributed by atoms with Crippen molar-refractivity contribution in [3.8, 4) is 0 Å². The number of carbonyl (C=O) groups excluding carboxylic acids is 1. The topological polar surface area (TPSA) is 65.0 Å². The Bertz CT molecular complexity index is 450. The van der Waals surface area contributed by atoms with Crippen molar-refractivity contribution in [2.24, 2.45) is 11.3 Å². The molecule has 0 aromatic heterocycles. The molecule has 2 unspecified atom stereocenters. The number of rotatable bonds is 12. The summed E-state index contributed by atoms with van der Waals surface area (Å²) in [4.78, 5) is 12.2. The van der Waals surface area contributed by atoms with E-state index in [0.29, 0.717) is 6.61 Å². The largest absolute Gasteiger partial charge is 0.508 e. The van der Waals surface area contributed by atoms with Crippen LogP contribution in [0.15, 0.2) is 0 Å². The van der Waals surface area contributed by atoms with E-state index >= 15 is 0 Å². The van der Waals surface area contributed by atoms with Crippen LogP contribution in [0.4, 0.5) is 4.79 Å². The van der Waals surface area contributed by atoms with Crippen LogP contribution in [-0.4, -0.2) is 41.3 Å². The minimum Gasteiger partial charge on any atom is -0.434 e. The summed E-state index contributed by atoms with van der Waals surface area (Å²) in [6.07, 6.45) is 3.36. The Labute approximate surface area is 167 Å². The molecule has 1 N–H and O–H groups in total. The summed E-state index contributed by atoms with van der Waals surface area (Å²) in [5.74, 6) is -0.187. The third-order valence-electron chi connectivity index (χ3n) is 6.14. The van der Waals surface area contributed by atoms with Gasteiger partial charge in [-0.15, -0.1) is 0 Å². The summed E-state index contributed by atoms with van der Waals surface area (Å²) >= 11 is 0. The lowest BCUT2D eigenvalue weighted by Gasteiger charge is -2.44.